The Labute approximate surface area is 101 Å². The van der Waals surface area contributed by atoms with Crippen LogP contribution in [0.15, 0.2) is 18.2 Å². The van der Waals surface area contributed by atoms with Crippen LogP contribution >= 0.6 is 0 Å². The molecule has 0 aromatic heterocycles. The van der Waals surface area contributed by atoms with Gasteiger partial charge in [-0.1, -0.05) is 12.1 Å². The lowest BCUT2D eigenvalue weighted by Gasteiger charge is -2.18. The fraction of sp³-hybridized carbons (Fsp3) is 0.455. The smallest absolute Gasteiger partial charge is 0.340 e. The van der Waals surface area contributed by atoms with Crippen LogP contribution in [0.25, 0.3) is 0 Å². The number of rotatable bonds is 6. The Morgan fingerprint density at radius 2 is 2.00 bits per heavy atom. The van der Waals surface area contributed by atoms with E-state index in [1.54, 1.807) is 0 Å². The third-order valence-corrected chi connectivity index (χ3v) is 2.18. The van der Waals surface area contributed by atoms with E-state index < -0.39 is 25.6 Å². The number of aliphatic hydroxyl groups excluding tert-OH is 1. The molecule has 102 valence electrons. The van der Waals surface area contributed by atoms with Crippen molar-refractivity contribution in [3.63, 3.8) is 0 Å². The number of benzene rings is 1. The highest BCUT2D eigenvalue weighted by atomic mass is 19.3. The molecule has 18 heavy (non-hydrogen) atoms. The zero-order valence-corrected chi connectivity index (χ0v) is 9.50. The first-order valence-corrected chi connectivity index (χ1v) is 4.98. The SMILES string of the molecule is COc1cccc(CO)c1OCC(F)(F)C(F)F. The first kappa shape index (κ1) is 14.6. The van der Waals surface area contributed by atoms with Crippen LogP contribution in [0.2, 0.25) is 0 Å². The summed E-state index contributed by atoms with van der Waals surface area (Å²) in [7, 11) is 1.27. The molecule has 0 saturated heterocycles. The molecule has 0 aliphatic rings. The van der Waals surface area contributed by atoms with Gasteiger partial charge in [0.1, 0.15) is 0 Å². The number of methoxy groups -OCH3 is 1. The molecule has 7 heteroatoms. The average molecular weight is 268 g/mol. The zero-order chi connectivity index (χ0) is 13.8. The summed E-state index contributed by atoms with van der Waals surface area (Å²) in [5.41, 5.74) is 0.180. The van der Waals surface area contributed by atoms with E-state index in [1.165, 1.54) is 25.3 Å². The van der Waals surface area contributed by atoms with E-state index in [4.69, 9.17) is 9.84 Å². The maximum absolute atomic E-state index is 12.7. The molecule has 1 rings (SSSR count). The van der Waals surface area contributed by atoms with Crippen molar-refractivity contribution in [1.82, 2.24) is 0 Å². The molecular weight excluding hydrogens is 256 g/mol. The summed E-state index contributed by atoms with van der Waals surface area (Å²) >= 11 is 0. The molecule has 0 saturated carbocycles. The van der Waals surface area contributed by atoms with Gasteiger partial charge in [0.05, 0.1) is 13.7 Å². The van der Waals surface area contributed by atoms with Crippen LogP contribution in [0.4, 0.5) is 17.6 Å². The fourth-order valence-corrected chi connectivity index (χ4v) is 1.24. The van der Waals surface area contributed by atoms with Gasteiger partial charge in [0.25, 0.3) is 0 Å². The zero-order valence-electron chi connectivity index (χ0n) is 9.50. The lowest BCUT2D eigenvalue weighted by molar-refractivity contribution is -0.148. The minimum atomic E-state index is -4.26. The molecule has 0 spiro atoms. The number of hydrogen-bond acceptors (Lipinski definition) is 3. The summed E-state index contributed by atoms with van der Waals surface area (Å²) in [5.74, 6) is -4.33. The number of ether oxygens (including phenoxy) is 2. The summed E-state index contributed by atoms with van der Waals surface area (Å²) in [5, 5.41) is 9.01. The van der Waals surface area contributed by atoms with Gasteiger partial charge >= 0.3 is 12.3 Å². The van der Waals surface area contributed by atoms with Gasteiger partial charge in [0.15, 0.2) is 18.1 Å². The molecule has 0 amide bonds. The number of aliphatic hydroxyl groups is 1. The minimum absolute atomic E-state index is 0.0895. The third-order valence-electron chi connectivity index (χ3n) is 2.18. The maximum atomic E-state index is 12.7. The second kappa shape index (κ2) is 5.90. The summed E-state index contributed by atoms with van der Waals surface area (Å²) in [4.78, 5) is 0. The first-order chi connectivity index (χ1) is 8.42. The molecule has 0 unspecified atom stereocenters. The summed E-state index contributed by atoms with van der Waals surface area (Å²) in [6.07, 6.45) is -3.82. The molecule has 0 radical (unpaired) electrons. The standard InChI is InChI=1S/C11H12F4O3/c1-17-8-4-2-3-7(5-16)9(8)18-6-11(14,15)10(12)13/h2-4,10,16H,5-6H2,1H3. The third kappa shape index (κ3) is 3.25. The molecule has 0 bridgehead atoms. The number of alkyl halides is 4. The molecule has 1 aromatic carbocycles. The van der Waals surface area contributed by atoms with Gasteiger partial charge in [-0.3, -0.25) is 0 Å². The Balaban J connectivity index is 2.90. The quantitative estimate of drug-likeness (QED) is 0.805. The van der Waals surface area contributed by atoms with E-state index >= 15 is 0 Å². The molecule has 0 heterocycles. The monoisotopic (exact) mass is 268 g/mol. The highest BCUT2D eigenvalue weighted by molar-refractivity contribution is 5.46. The van der Waals surface area contributed by atoms with Gasteiger partial charge < -0.3 is 14.6 Å². The van der Waals surface area contributed by atoms with Crippen LogP contribution in [0.5, 0.6) is 11.5 Å². The maximum Gasteiger partial charge on any atom is 0.340 e. The van der Waals surface area contributed by atoms with Crippen molar-refractivity contribution in [3.05, 3.63) is 23.8 Å². The van der Waals surface area contributed by atoms with E-state index in [0.717, 1.165) is 0 Å². The lowest BCUT2D eigenvalue weighted by Crippen LogP contribution is -2.34. The van der Waals surface area contributed by atoms with E-state index in [2.05, 4.69) is 4.74 Å². The molecule has 0 aliphatic carbocycles. The topological polar surface area (TPSA) is 38.7 Å². The predicted octanol–water partition coefficient (Wildman–Crippen LogP) is 2.47. The van der Waals surface area contributed by atoms with Crippen molar-refractivity contribution >= 4 is 0 Å². The van der Waals surface area contributed by atoms with Crippen LogP contribution in [0.3, 0.4) is 0 Å². The molecule has 0 atom stereocenters. The summed E-state index contributed by atoms with van der Waals surface area (Å²) < 4.78 is 58.9. The molecule has 3 nitrogen and oxygen atoms in total. The second-order valence-corrected chi connectivity index (χ2v) is 3.46. The number of halogens is 4. The Morgan fingerprint density at radius 3 is 2.50 bits per heavy atom. The van der Waals surface area contributed by atoms with Crippen LogP contribution in [0, 0.1) is 0 Å². The van der Waals surface area contributed by atoms with E-state index in [-0.39, 0.29) is 17.1 Å². The van der Waals surface area contributed by atoms with E-state index in [1.807, 2.05) is 0 Å². The lowest BCUT2D eigenvalue weighted by atomic mass is 10.2. The Bertz CT molecular complexity index is 374. The van der Waals surface area contributed by atoms with Gasteiger partial charge in [0.2, 0.25) is 0 Å². The Morgan fingerprint density at radius 1 is 1.33 bits per heavy atom. The normalized spacial score (nSPS) is 11.7. The van der Waals surface area contributed by atoms with Crippen molar-refractivity contribution in [3.8, 4) is 11.5 Å². The van der Waals surface area contributed by atoms with Crippen molar-refractivity contribution in [2.24, 2.45) is 0 Å². The highest BCUT2D eigenvalue weighted by Crippen LogP contribution is 2.33. The Kier molecular flexibility index (Phi) is 4.77. The van der Waals surface area contributed by atoms with Gasteiger partial charge in [-0.2, -0.15) is 8.78 Å². The highest BCUT2D eigenvalue weighted by Gasteiger charge is 2.42. The Hall–Kier alpha value is -1.50. The van der Waals surface area contributed by atoms with Crippen molar-refractivity contribution < 1.29 is 32.1 Å². The first-order valence-electron chi connectivity index (χ1n) is 4.98. The van der Waals surface area contributed by atoms with Crippen LogP contribution < -0.4 is 9.47 Å². The van der Waals surface area contributed by atoms with Gasteiger partial charge in [-0.15, -0.1) is 0 Å². The van der Waals surface area contributed by atoms with Crippen LogP contribution in [-0.2, 0) is 6.61 Å². The molecular formula is C11H12F4O3. The second-order valence-electron chi connectivity index (χ2n) is 3.46. The van der Waals surface area contributed by atoms with Crippen molar-refractivity contribution in [2.75, 3.05) is 13.7 Å². The molecule has 0 fully saturated rings. The minimum Gasteiger partial charge on any atom is -0.493 e. The molecule has 1 aromatic rings. The molecule has 1 N–H and O–H groups in total. The summed E-state index contributed by atoms with van der Waals surface area (Å²) in [6, 6.07) is 4.34. The van der Waals surface area contributed by atoms with Crippen LogP contribution in [-0.4, -0.2) is 31.2 Å². The van der Waals surface area contributed by atoms with E-state index in [0.29, 0.717) is 0 Å². The summed E-state index contributed by atoms with van der Waals surface area (Å²) in [6.45, 7) is -1.97. The fourth-order valence-electron chi connectivity index (χ4n) is 1.24. The van der Waals surface area contributed by atoms with Gasteiger partial charge in [-0.25, -0.2) is 8.78 Å². The average Bonchev–Trinajstić information content (AvgIpc) is 2.35. The van der Waals surface area contributed by atoms with E-state index in [9.17, 15) is 17.6 Å². The molecule has 0 aliphatic heterocycles. The largest absolute Gasteiger partial charge is 0.493 e. The van der Waals surface area contributed by atoms with Crippen LogP contribution in [0.1, 0.15) is 5.56 Å². The van der Waals surface area contributed by atoms with Crippen molar-refractivity contribution in [2.45, 2.75) is 19.0 Å². The van der Waals surface area contributed by atoms with Crippen molar-refractivity contribution in [1.29, 1.82) is 0 Å². The number of hydrogen-bond donors (Lipinski definition) is 1. The number of para-hydroxylation sites is 1. The predicted molar refractivity (Wildman–Crippen MR) is 55.4 cm³/mol. The van der Waals surface area contributed by atoms with Gasteiger partial charge in [-0.05, 0) is 6.07 Å². The van der Waals surface area contributed by atoms with Gasteiger partial charge in [0, 0.05) is 5.56 Å².